The molecule has 0 aliphatic carbocycles. The van der Waals surface area contributed by atoms with Gasteiger partial charge in [0.25, 0.3) is 0 Å². The minimum Gasteiger partial charge on any atom is -0.481 e. The van der Waals surface area contributed by atoms with E-state index in [1.54, 1.807) is 19.4 Å². The van der Waals surface area contributed by atoms with Gasteiger partial charge in [0.1, 0.15) is 5.52 Å². The first-order valence-corrected chi connectivity index (χ1v) is 3.70. The molecule has 0 N–H and O–H groups in total. The molecule has 2 aromatic rings. The van der Waals surface area contributed by atoms with Crippen LogP contribution in [0.3, 0.4) is 0 Å². The van der Waals surface area contributed by atoms with Gasteiger partial charge in [-0.05, 0) is 13.0 Å². The third kappa shape index (κ3) is 0.942. The van der Waals surface area contributed by atoms with Crippen LogP contribution < -0.4 is 4.74 Å². The predicted octanol–water partition coefficient (Wildman–Crippen LogP) is 2.14. The Bertz CT molecular complexity index is 406. The van der Waals surface area contributed by atoms with E-state index in [1.807, 2.05) is 13.0 Å². The summed E-state index contributed by atoms with van der Waals surface area (Å²) < 4.78 is 10.2. The summed E-state index contributed by atoms with van der Waals surface area (Å²) in [6, 6.07) is 3.64. The molecule has 2 rings (SSSR count). The molecule has 0 unspecified atom stereocenters. The first-order chi connectivity index (χ1) is 5.81. The van der Waals surface area contributed by atoms with Crippen molar-refractivity contribution in [2.75, 3.05) is 7.11 Å². The zero-order valence-corrected chi connectivity index (χ0v) is 7.00. The Kier molecular flexibility index (Phi) is 1.50. The van der Waals surface area contributed by atoms with Crippen molar-refractivity contribution in [2.24, 2.45) is 0 Å². The molecule has 0 aliphatic heterocycles. The third-order valence-electron chi connectivity index (χ3n) is 1.78. The lowest BCUT2D eigenvalue weighted by Gasteiger charge is -1.96. The van der Waals surface area contributed by atoms with Crippen LogP contribution in [-0.2, 0) is 0 Å². The highest BCUT2D eigenvalue weighted by atomic mass is 16.5. The van der Waals surface area contributed by atoms with Crippen molar-refractivity contribution >= 4 is 11.1 Å². The van der Waals surface area contributed by atoms with Crippen LogP contribution in [0.15, 0.2) is 22.8 Å². The minimum absolute atomic E-state index is 0.618. The van der Waals surface area contributed by atoms with Crippen LogP contribution in [0.25, 0.3) is 11.1 Å². The van der Waals surface area contributed by atoms with Gasteiger partial charge in [-0.1, -0.05) is 0 Å². The van der Waals surface area contributed by atoms with Gasteiger partial charge in [0, 0.05) is 11.6 Å². The van der Waals surface area contributed by atoms with Crippen LogP contribution in [0.2, 0.25) is 0 Å². The van der Waals surface area contributed by atoms with E-state index in [2.05, 4.69) is 4.98 Å². The lowest BCUT2D eigenvalue weighted by Crippen LogP contribution is -1.86. The van der Waals surface area contributed by atoms with E-state index >= 15 is 0 Å². The minimum atomic E-state index is 0.618. The molecule has 2 heterocycles. The molecule has 3 nitrogen and oxygen atoms in total. The molecule has 0 saturated heterocycles. The standard InChI is InChI=1S/C9H9NO2/c1-6-5-12-7-3-4-8(11-2)10-9(6)7/h3-5H,1-2H3. The number of pyridine rings is 1. The number of nitrogens with zero attached hydrogens (tertiary/aromatic N) is 1. The molecule has 0 atom stereocenters. The van der Waals surface area contributed by atoms with Crippen LogP contribution >= 0.6 is 0 Å². The maximum atomic E-state index is 5.23. The highest BCUT2D eigenvalue weighted by Gasteiger charge is 2.03. The summed E-state index contributed by atoms with van der Waals surface area (Å²) in [5.41, 5.74) is 2.70. The molecule has 0 saturated carbocycles. The summed E-state index contributed by atoms with van der Waals surface area (Å²) in [5, 5.41) is 0. The van der Waals surface area contributed by atoms with E-state index < -0.39 is 0 Å². The van der Waals surface area contributed by atoms with Gasteiger partial charge < -0.3 is 9.15 Å². The van der Waals surface area contributed by atoms with Crippen molar-refractivity contribution in [3.8, 4) is 5.88 Å². The van der Waals surface area contributed by atoms with Crippen molar-refractivity contribution < 1.29 is 9.15 Å². The van der Waals surface area contributed by atoms with Gasteiger partial charge in [-0.2, -0.15) is 0 Å². The average molecular weight is 163 g/mol. The summed E-state index contributed by atoms with van der Waals surface area (Å²) in [4.78, 5) is 4.24. The predicted molar refractivity (Wildman–Crippen MR) is 45.3 cm³/mol. The van der Waals surface area contributed by atoms with Crippen LogP contribution in [0.4, 0.5) is 0 Å². The molecular formula is C9H9NO2. The number of fused-ring (bicyclic) bond motifs is 1. The Labute approximate surface area is 70.0 Å². The Hall–Kier alpha value is -1.51. The normalized spacial score (nSPS) is 10.5. The maximum absolute atomic E-state index is 5.23. The molecule has 0 fully saturated rings. The Morgan fingerprint density at radius 2 is 2.25 bits per heavy atom. The lowest BCUT2D eigenvalue weighted by molar-refractivity contribution is 0.399. The number of aromatic nitrogens is 1. The molecule has 12 heavy (non-hydrogen) atoms. The molecule has 0 spiro atoms. The topological polar surface area (TPSA) is 35.3 Å². The number of furan rings is 1. The number of methoxy groups -OCH3 is 1. The maximum Gasteiger partial charge on any atom is 0.213 e. The number of ether oxygens (including phenoxy) is 1. The monoisotopic (exact) mass is 163 g/mol. The smallest absolute Gasteiger partial charge is 0.213 e. The van der Waals surface area contributed by atoms with Gasteiger partial charge in [-0.25, -0.2) is 4.98 Å². The second-order valence-electron chi connectivity index (χ2n) is 2.62. The number of aryl methyl sites for hydroxylation is 1. The summed E-state index contributed by atoms with van der Waals surface area (Å²) in [7, 11) is 1.60. The molecule has 0 aromatic carbocycles. The van der Waals surface area contributed by atoms with E-state index in [0.717, 1.165) is 16.7 Å². The highest BCUT2D eigenvalue weighted by molar-refractivity contribution is 5.76. The van der Waals surface area contributed by atoms with Gasteiger partial charge in [0.15, 0.2) is 5.58 Å². The number of rotatable bonds is 1. The second kappa shape index (κ2) is 2.52. The largest absolute Gasteiger partial charge is 0.481 e. The first kappa shape index (κ1) is 7.16. The summed E-state index contributed by atoms with van der Waals surface area (Å²) in [6.45, 7) is 1.96. The SMILES string of the molecule is COc1ccc2occ(C)c2n1. The van der Waals surface area contributed by atoms with Gasteiger partial charge in [-0.15, -0.1) is 0 Å². The fourth-order valence-electron chi connectivity index (χ4n) is 1.13. The van der Waals surface area contributed by atoms with Crippen molar-refractivity contribution in [2.45, 2.75) is 6.92 Å². The van der Waals surface area contributed by atoms with Crippen molar-refractivity contribution in [1.29, 1.82) is 0 Å². The van der Waals surface area contributed by atoms with Crippen molar-refractivity contribution in [3.05, 3.63) is 24.0 Å². The van der Waals surface area contributed by atoms with E-state index in [-0.39, 0.29) is 0 Å². The van der Waals surface area contributed by atoms with E-state index in [0.29, 0.717) is 5.88 Å². The van der Waals surface area contributed by atoms with Gasteiger partial charge >= 0.3 is 0 Å². The molecule has 0 amide bonds. The molecule has 62 valence electrons. The Morgan fingerprint density at radius 1 is 1.42 bits per heavy atom. The molecule has 3 heteroatoms. The molecule has 0 bridgehead atoms. The van der Waals surface area contributed by atoms with E-state index in [1.165, 1.54) is 0 Å². The van der Waals surface area contributed by atoms with Crippen LogP contribution in [0, 0.1) is 6.92 Å². The van der Waals surface area contributed by atoms with E-state index in [4.69, 9.17) is 9.15 Å². The lowest BCUT2D eigenvalue weighted by atomic mass is 10.3. The molecule has 0 aliphatic rings. The van der Waals surface area contributed by atoms with Gasteiger partial charge in [-0.3, -0.25) is 0 Å². The quantitative estimate of drug-likeness (QED) is 0.646. The fraction of sp³-hybridized carbons (Fsp3) is 0.222. The summed E-state index contributed by atoms with van der Waals surface area (Å²) in [5.74, 6) is 0.618. The molecule has 2 aromatic heterocycles. The summed E-state index contributed by atoms with van der Waals surface area (Å²) in [6.07, 6.45) is 1.69. The van der Waals surface area contributed by atoms with Crippen molar-refractivity contribution in [1.82, 2.24) is 4.98 Å². The number of hydrogen-bond acceptors (Lipinski definition) is 3. The van der Waals surface area contributed by atoms with Crippen LogP contribution in [0.1, 0.15) is 5.56 Å². The summed E-state index contributed by atoms with van der Waals surface area (Å²) >= 11 is 0. The van der Waals surface area contributed by atoms with Crippen molar-refractivity contribution in [3.63, 3.8) is 0 Å². The molecule has 0 radical (unpaired) electrons. The van der Waals surface area contributed by atoms with Crippen LogP contribution in [-0.4, -0.2) is 12.1 Å². The third-order valence-corrected chi connectivity index (χ3v) is 1.78. The molecular weight excluding hydrogens is 154 g/mol. The van der Waals surface area contributed by atoms with E-state index in [9.17, 15) is 0 Å². The second-order valence-corrected chi connectivity index (χ2v) is 2.62. The van der Waals surface area contributed by atoms with Gasteiger partial charge in [0.2, 0.25) is 5.88 Å². The first-order valence-electron chi connectivity index (χ1n) is 3.70. The van der Waals surface area contributed by atoms with Crippen LogP contribution in [0.5, 0.6) is 5.88 Å². The number of hydrogen-bond donors (Lipinski definition) is 0. The average Bonchev–Trinajstić information content (AvgIpc) is 2.47. The zero-order valence-electron chi connectivity index (χ0n) is 7.00. The fourth-order valence-corrected chi connectivity index (χ4v) is 1.13. The highest BCUT2D eigenvalue weighted by Crippen LogP contribution is 2.20. The Balaban J connectivity index is 2.71. The Morgan fingerprint density at radius 3 is 3.00 bits per heavy atom. The van der Waals surface area contributed by atoms with Gasteiger partial charge in [0.05, 0.1) is 13.4 Å². The zero-order chi connectivity index (χ0) is 8.55.